The van der Waals surface area contributed by atoms with E-state index >= 15 is 0 Å². The molecule has 7 heteroatoms. The van der Waals surface area contributed by atoms with Crippen LogP contribution in [-0.2, 0) is 11.2 Å². The summed E-state index contributed by atoms with van der Waals surface area (Å²) in [6.45, 7) is 2.02. The van der Waals surface area contributed by atoms with Crippen LogP contribution in [-0.4, -0.2) is 54.9 Å². The Morgan fingerprint density at radius 2 is 1.59 bits per heavy atom. The number of piperazine rings is 1. The van der Waals surface area contributed by atoms with Gasteiger partial charge in [-0.25, -0.2) is 0 Å². The molecule has 142 valence electrons. The Balaban J connectivity index is 1.56. The van der Waals surface area contributed by atoms with E-state index in [0.29, 0.717) is 47.5 Å². The molecule has 3 rings (SSSR count). The molecule has 1 heterocycles. The fourth-order valence-electron chi connectivity index (χ4n) is 3.01. The highest BCUT2D eigenvalue weighted by atomic mass is 35.5. The van der Waals surface area contributed by atoms with Crippen molar-refractivity contribution >= 4 is 35.0 Å². The Hall–Kier alpha value is -2.24. The van der Waals surface area contributed by atoms with Gasteiger partial charge in [-0.15, -0.1) is 0 Å². The van der Waals surface area contributed by atoms with Gasteiger partial charge in [-0.1, -0.05) is 29.3 Å². The Morgan fingerprint density at radius 3 is 2.19 bits per heavy atom. The molecular formula is C20H20Cl2N2O3. The lowest BCUT2D eigenvalue weighted by Crippen LogP contribution is -2.51. The van der Waals surface area contributed by atoms with Crippen molar-refractivity contribution < 1.29 is 14.3 Å². The molecule has 0 radical (unpaired) electrons. The van der Waals surface area contributed by atoms with E-state index in [4.69, 9.17) is 27.9 Å². The van der Waals surface area contributed by atoms with Gasteiger partial charge in [0.15, 0.2) is 0 Å². The molecule has 5 nitrogen and oxygen atoms in total. The number of methoxy groups -OCH3 is 1. The average molecular weight is 407 g/mol. The third kappa shape index (κ3) is 4.73. The molecule has 0 saturated carbocycles. The van der Waals surface area contributed by atoms with Gasteiger partial charge < -0.3 is 14.5 Å². The molecule has 27 heavy (non-hydrogen) atoms. The zero-order valence-corrected chi connectivity index (χ0v) is 16.5. The first-order valence-corrected chi connectivity index (χ1v) is 9.38. The summed E-state index contributed by atoms with van der Waals surface area (Å²) in [6.07, 6.45) is 0.225. The van der Waals surface area contributed by atoms with E-state index in [-0.39, 0.29) is 18.2 Å². The number of nitrogens with zero attached hydrogens (tertiary/aromatic N) is 2. The lowest BCUT2D eigenvalue weighted by Gasteiger charge is -2.35. The molecular weight excluding hydrogens is 387 g/mol. The van der Waals surface area contributed by atoms with Crippen LogP contribution in [0.5, 0.6) is 5.75 Å². The van der Waals surface area contributed by atoms with E-state index in [2.05, 4.69) is 0 Å². The molecule has 2 amide bonds. The van der Waals surface area contributed by atoms with Gasteiger partial charge in [0.25, 0.3) is 5.91 Å². The van der Waals surface area contributed by atoms with Crippen molar-refractivity contribution in [3.05, 3.63) is 63.6 Å². The highest BCUT2D eigenvalue weighted by molar-refractivity contribution is 6.35. The molecule has 0 spiro atoms. The summed E-state index contributed by atoms with van der Waals surface area (Å²) in [5.74, 6) is 0.670. The van der Waals surface area contributed by atoms with Crippen LogP contribution in [0.3, 0.4) is 0 Å². The van der Waals surface area contributed by atoms with Gasteiger partial charge in [-0.2, -0.15) is 0 Å². The molecule has 2 aromatic carbocycles. The van der Waals surface area contributed by atoms with Gasteiger partial charge in [0, 0.05) is 41.8 Å². The van der Waals surface area contributed by atoms with E-state index in [1.54, 1.807) is 59.4 Å². The first-order chi connectivity index (χ1) is 13.0. The number of hydrogen-bond acceptors (Lipinski definition) is 3. The van der Waals surface area contributed by atoms with Crippen molar-refractivity contribution in [2.75, 3.05) is 33.3 Å². The van der Waals surface area contributed by atoms with Crippen molar-refractivity contribution in [1.29, 1.82) is 0 Å². The minimum absolute atomic E-state index is 0.00392. The predicted octanol–water partition coefficient (Wildman–Crippen LogP) is 3.53. The zero-order chi connectivity index (χ0) is 19.4. The molecule has 1 aliphatic rings. The summed E-state index contributed by atoms with van der Waals surface area (Å²) < 4.78 is 5.11. The zero-order valence-electron chi connectivity index (χ0n) is 15.0. The molecule has 1 aliphatic heterocycles. The standard InChI is InChI=1S/C20H20Cl2N2O3/c1-27-17-6-3-14(4-7-17)20(26)24-10-8-23(9-11-24)19(25)12-15-2-5-16(21)13-18(15)22/h2-7,13H,8-12H2,1H3. The maximum atomic E-state index is 12.6. The van der Waals surface area contributed by atoms with E-state index in [0.717, 1.165) is 5.56 Å². The third-order valence-corrected chi connectivity index (χ3v) is 5.20. The van der Waals surface area contributed by atoms with Crippen molar-refractivity contribution in [2.45, 2.75) is 6.42 Å². The van der Waals surface area contributed by atoms with E-state index in [1.165, 1.54) is 0 Å². The van der Waals surface area contributed by atoms with Crippen molar-refractivity contribution in [1.82, 2.24) is 9.80 Å². The molecule has 0 aliphatic carbocycles. The number of carbonyl (C=O) groups is 2. The van der Waals surface area contributed by atoms with Crippen LogP contribution >= 0.6 is 23.2 Å². The van der Waals surface area contributed by atoms with Crippen LogP contribution < -0.4 is 4.74 Å². The number of amides is 2. The minimum Gasteiger partial charge on any atom is -0.497 e. The summed E-state index contributed by atoms with van der Waals surface area (Å²) in [7, 11) is 1.59. The monoisotopic (exact) mass is 406 g/mol. The average Bonchev–Trinajstić information content (AvgIpc) is 2.69. The minimum atomic E-state index is -0.0366. The van der Waals surface area contributed by atoms with Gasteiger partial charge >= 0.3 is 0 Å². The van der Waals surface area contributed by atoms with Gasteiger partial charge in [0.2, 0.25) is 5.91 Å². The maximum absolute atomic E-state index is 12.6. The summed E-state index contributed by atoms with van der Waals surface area (Å²) in [4.78, 5) is 28.7. The van der Waals surface area contributed by atoms with Crippen LogP contribution in [0.15, 0.2) is 42.5 Å². The second-order valence-corrected chi connectivity index (χ2v) is 7.16. The van der Waals surface area contributed by atoms with Crippen LogP contribution in [0.2, 0.25) is 10.0 Å². The topological polar surface area (TPSA) is 49.9 Å². The van der Waals surface area contributed by atoms with Crippen LogP contribution in [0.25, 0.3) is 0 Å². The second-order valence-electron chi connectivity index (χ2n) is 6.31. The number of halogens is 2. The number of hydrogen-bond donors (Lipinski definition) is 0. The second kappa shape index (κ2) is 8.63. The lowest BCUT2D eigenvalue weighted by atomic mass is 10.1. The van der Waals surface area contributed by atoms with Crippen LogP contribution in [0.1, 0.15) is 15.9 Å². The number of carbonyl (C=O) groups excluding carboxylic acids is 2. The Morgan fingerprint density at radius 1 is 0.963 bits per heavy atom. The number of benzene rings is 2. The Bertz CT molecular complexity index is 832. The number of ether oxygens (including phenoxy) is 1. The van der Waals surface area contributed by atoms with Crippen LogP contribution in [0, 0.1) is 0 Å². The summed E-state index contributed by atoms with van der Waals surface area (Å²) >= 11 is 12.0. The fraction of sp³-hybridized carbons (Fsp3) is 0.300. The number of rotatable bonds is 4. The molecule has 0 unspecified atom stereocenters. The highest BCUT2D eigenvalue weighted by Crippen LogP contribution is 2.22. The van der Waals surface area contributed by atoms with Gasteiger partial charge in [-0.05, 0) is 42.0 Å². The smallest absolute Gasteiger partial charge is 0.253 e. The first kappa shape index (κ1) is 19.5. The summed E-state index contributed by atoms with van der Waals surface area (Å²) in [5, 5.41) is 1.03. The Labute approximate surface area is 168 Å². The summed E-state index contributed by atoms with van der Waals surface area (Å²) in [5.41, 5.74) is 1.37. The molecule has 1 fully saturated rings. The maximum Gasteiger partial charge on any atom is 0.253 e. The van der Waals surface area contributed by atoms with Crippen LogP contribution in [0.4, 0.5) is 0 Å². The fourth-order valence-corrected chi connectivity index (χ4v) is 3.49. The van der Waals surface area contributed by atoms with Crippen molar-refractivity contribution in [3.8, 4) is 5.75 Å². The van der Waals surface area contributed by atoms with Crippen molar-refractivity contribution in [3.63, 3.8) is 0 Å². The van der Waals surface area contributed by atoms with Crippen molar-refractivity contribution in [2.24, 2.45) is 0 Å². The van der Waals surface area contributed by atoms with E-state index in [1.807, 2.05) is 0 Å². The van der Waals surface area contributed by atoms with E-state index < -0.39 is 0 Å². The lowest BCUT2D eigenvalue weighted by molar-refractivity contribution is -0.131. The quantitative estimate of drug-likeness (QED) is 0.779. The van der Waals surface area contributed by atoms with E-state index in [9.17, 15) is 9.59 Å². The Kier molecular flexibility index (Phi) is 6.24. The summed E-state index contributed by atoms with van der Waals surface area (Å²) in [6, 6.07) is 12.2. The molecule has 0 bridgehead atoms. The first-order valence-electron chi connectivity index (χ1n) is 8.63. The predicted molar refractivity (Wildman–Crippen MR) is 106 cm³/mol. The molecule has 2 aromatic rings. The SMILES string of the molecule is COc1ccc(C(=O)N2CCN(C(=O)Cc3ccc(Cl)cc3Cl)CC2)cc1. The largest absolute Gasteiger partial charge is 0.497 e. The molecule has 0 atom stereocenters. The third-order valence-electron chi connectivity index (χ3n) is 4.61. The van der Waals surface area contributed by atoms with Gasteiger partial charge in [0.05, 0.1) is 13.5 Å². The normalized spacial score (nSPS) is 14.2. The molecule has 0 aromatic heterocycles. The highest BCUT2D eigenvalue weighted by Gasteiger charge is 2.25. The molecule has 1 saturated heterocycles. The van der Waals surface area contributed by atoms with Gasteiger partial charge in [0.1, 0.15) is 5.75 Å². The molecule has 0 N–H and O–H groups in total. The van der Waals surface area contributed by atoms with Gasteiger partial charge in [-0.3, -0.25) is 9.59 Å².